The first-order valence-corrected chi connectivity index (χ1v) is 8.18. The molecule has 8 nitrogen and oxygen atoms in total. The minimum absolute atomic E-state index is 0.156. The minimum Gasteiger partial charge on any atom is -0.481 e. The van der Waals surface area contributed by atoms with Crippen LogP contribution in [0.5, 0.6) is 0 Å². The van der Waals surface area contributed by atoms with Gasteiger partial charge in [0.1, 0.15) is 0 Å². The molecule has 0 amide bonds. The molecule has 0 spiro atoms. The first-order valence-electron chi connectivity index (χ1n) is 6.28. The van der Waals surface area contributed by atoms with E-state index < -0.39 is 23.9 Å². The summed E-state index contributed by atoms with van der Waals surface area (Å²) in [5.41, 5.74) is 0. The molecule has 0 atom stereocenters. The fourth-order valence-corrected chi connectivity index (χ4v) is 0.861. The second-order valence-corrected chi connectivity index (χ2v) is 4.69. The van der Waals surface area contributed by atoms with Crippen LogP contribution in [0.2, 0.25) is 0 Å². The molecule has 0 aromatic rings. The van der Waals surface area contributed by atoms with E-state index in [4.69, 9.17) is 20.4 Å². The maximum Gasteiger partial charge on any atom is 0.304 e. The van der Waals surface area contributed by atoms with Crippen molar-refractivity contribution in [3.05, 3.63) is 0 Å². The lowest BCUT2D eigenvalue weighted by molar-refractivity contribution is -0.137. The Morgan fingerprint density at radius 2 is 0.783 bits per heavy atom. The predicted octanol–water partition coefficient (Wildman–Crippen LogP) is 1.65. The summed E-state index contributed by atoms with van der Waals surface area (Å²) in [7, 11) is 0. The molecule has 0 aliphatic rings. The third kappa shape index (κ3) is 76.1. The monoisotopic (exact) mass is 392 g/mol. The van der Waals surface area contributed by atoms with Gasteiger partial charge in [0.05, 0.1) is 19.3 Å². The molecule has 4 N–H and O–H groups in total. The summed E-state index contributed by atoms with van der Waals surface area (Å²) < 4.78 is 0. The van der Waals surface area contributed by atoms with E-state index in [2.05, 4.69) is 37.9 Å². The van der Waals surface area contributed by atoms with E-state index in [0.717, 1.165) is 0 Å². The van der Waals surface area contributed by atoms with Gasteiger partial charge >= 0.3 is 23.9 Å². The molecule has 0 bridgehead atoms. The lowest BCUT2D eigenvalue weighted by atomic mass is 10.5. The first-order chi connectivity index (χ1) is 10.6. The van der Waals surface area contributed by atoms with Crippen LogP contribution in [-0.4, -0.2) is 61.6 Å². The molecule has 0 aromatic carbocycles. The minimum atomic E-state index is -0.787. The Bertz CT molecular complexity index is 285. The predicted molar refractivity (Wildman–Crippen MR) is 96.2 cm³/mol. The largest absolute Gasteiger partial charge is 0.481 e. The third-order valence-corrected chi connectivity index (χ3v) is 1.95. The molecular formula is C12H24O8S3. The number of rotatable bonds is 7. The van der Waals surface area contributed by atoms with Gasteiger partial charge in [0.25, 0.3) is 0 Å². The van der Waals surface area contributed by atoms with Gasteiger partial charge in [0.2, 0.25) is 0 Å². The fraction of sp³-hybridized carbons (Fsp3) is 0.667. The van der Waals surface area contributed by atoms with Gasteiger partial charge in [-0.05, 0) is 0 Å². The summed E-state index contributed by atoms with van der Waals surface area (Å²) in [5.74, 6) is -1.83. The number of hydrogen-bond acceptors (Lipinski definition) is 7. The van der Waals surface area contributed by atoms with Crippen LogP contribution in [0, 0.1) is 0 Å². The number of carboxylic acids is 4. The average molecular weight is 393 g/mol. The van der Waals surface area contributed by atoms with Gasteiger partial charge < -0.3 is 20.4 Å². The van der Waals surface area contributed by atoms with Crippen molar-refractivity contribution in [2.45, 2.75) is 32.6 Å². The van der Waals surface area contributed by atoms with Crippen molar-refractivity contribution in [2.75, 3.05) is 17.3 Å². The van der Waals surface area contributed by atoms with Gasteiger partial charge in [-0.3, -0.25) is 19.2 Å². The van der Waals surface area contributed by atoms with E-state index in [1.807, 2.05) is 0 Å². The molecule has 0 rings (SSSR count). The standard InChI is InChI=1S/3C3H6O2S.C3H6O2/c3*4-3(5)1-2-6;1-2-3(4)5/h3*6H,1-2H2,(H,4,5);2H2,1H3,(H,4,5). The summed E-state index contributed by atoms with van der Waals surface area (Å²) in [5, 5.41) is 31.3. The highest BCUT2D eigenvalue weighted by atomic mass is 32.1. The van der Waals surface area contributed by atoms with Crippen molar-refractivity contribution in [2.24, 2.45) is 0 Å². The van der Waals surface area contributed by atoms with E-state index in [0.29, 0.717) is 17.3 Å². The fourth-order valence-electron chi connectivity index (χ4n) is 0.287. The SMILES string of the molecule is CCC(=O)O.O=C(O)CCS.O=C(O)CCS.O=C(O)CCS. The van der Waals surface area contributed by atoms with Crippen LogP contribution >= 0.6 is 37.9 Å². The lowest BCUT2D eigenvalue weighted by Gasteiger charge is -1.79. The van der Waals surface area contributed by atoms with Crippen LogP contribution in [0.1, 0.15) is 32.6 Å². The van der Waals surface area contributed by atoms with E-state index in [9.17, 15) is 19.2 Å². The molecular weight excluding hydrogens is 368 g/mol. The molecule has 11 heteroatoms. The molecule has 0 radical (unpaired) electrons. The Labute approximate surface area is 151 Å². The lowest BCUT2D eigenvalue weighted by Crippen LogP contribution is -1.93. The summed E-state index contributed by atoms with van der Waals surface area (Å²) >= 11 is 11.0. The van der Waals surface area contributed by atoms with Gasteiger partial charge in [-0.2, -0.15) is 37.9 Å². The zero-order chi connectivity index (χ0) is 19.3. The molecule has 0 unspecified atom stereocenters. The van der Waals surface area contributed by atoms with Crippen molar-refractivity contribution in [1.29, 1.82) is 0 Å². The number of thiol groups is 3. The number of aliphatic carboxylic acids is 4. The van der Waals surface area contributed by atoms with E-state index in [-0.39, 0.29) is 25.7 Å². The van der Waals surface area contributed by atoms with E-state index in [1.54, 1.807) is 6.92 Å². The van der Waals surface area contributed by atoms with Crippen molar-refractivity contribution < 1.29 is 39.6 Å². The van der Waals surface area contributed by atoms with Gasteiger partial charge in [0, 0.05) is 23.7 Å². The van der Waals surface area contributed by atoms with Crippen molar-refractivity contribution >= 4 is 61.8 Å². The van der Waals surface area contributed by atoms with Crippen LogP contribution in [0.3, 0.4) is 0 Å². The molecule has 0 saturated carbocycles. The van der Waals surface area contributed by atoms with Gasteiger partial charge in [-0.1, -0.05) is 6.92 Å². The molecule has 0 aliphatic heterocycles. The third-order valence-electron chi connectivity index (χ3n) is 1.28. The van der Waals surface area contributed by atoms with Crippen molar-refractivity contribution in [3.63, 3.8) is 0 Å². The normalized spacial score (nSPS) is 8.00. The Morgan fingerprint density at radius 1 is 0.609 bits per heavy atom. The van der Waals surface area contributed by atoms with E-state index in [1.165, 1.54) is 0 Å². The van der Waals surface area contributed by atoms with Crippen LogP contribution in [0.25, 0.3) is 0 Å². The van der Waals surface area contributed by atoms with Crippen molar-refractivity contribution in [3.8, 4) is 0 Å². The van der Waals surface area contributed by atoms with Crippen molar-refractivity contribution in [1.82, 2.24) is 0 Å². The quantitative estimate of drug-likeness (QED) is 0.323. The summed E-state index contributed by atoms with van der Waals surface area (Å²) in [6.07, 6.45) is 0.690. The number of carbonyl (C=O) groups is 4. The zero-order valence-electron chi connectivity index (χ0n) is 12.7. The molecule has 0 fully saturated rings. The average Bonchev–Trinajstić information content (AvgIpc) is 2.40. The summed E-state index contributed by atoms with van der Waals surface area (Å²) in [6.45, 7) is 1.60. The number of carboxylic acid groups (broad SMARTS) is 4. The second kappa shape index (κ2) is 25.9. The molecule has 23 heavy (non-hydrogen) atoms. The summed E-state index contributed by atoms with van der Waals surface area (Å²) in [6, 6.07) is 0. The van der Waals surface area contributed by atoms with Gasteiger partial charge in [-0.15, -0.1) is 0 Å². The maximum absolute atomic E-state index is 9.55. The Kier molecular flexibility index (Phi) is 33.6. The van der Waals surface area contributed by atoms with Crippen LogP contribution < -0.4 is 0 Å². The Balaban J connectivity index is -0.000000105. The van der Waals surface area contributed by atoms with Crippen LogP contribution in [-0.2, 0) is 19.2 Å². The first kappa shape index (κ1) is 29.9. The Hall–Kier alpha value is -1.07. The molecule has 138 valence electrons. The van der Waals surface area contributed by atoms with Gasteiger partial charge in [0.15, 0.2) is 0 Å². The number of hydrogen-bond donors (Lipinski definition) is 7. The van der Waals surface area contributed by atoms with Crippen LogP contribution in [0.15, 0.2) is 0 Å². The smallest absolute Gasteiger partial charge is 0.304 e. The highest BCUT2D eigenvalue weighted by Crippen LogP contribution is 1.80. The topological polar surface area (TPSA) is 149 Å². The summed E-state index contributed by atoms with van der Waals surface area (Å²) in [4.78, 5) is 38.0. The van der Waals surface area contributed by atoms with E-state index >= 15 is 0 Å². The highest BCUT2D eigenvalue weighted by Gasteiger charge is 1.89. The highest BCUT2D eigenvalue weighted by molar-refractivity contribution is 7.80. The molecule has 0 saturated heterocycles. The van der Waals surface area contributed by atoms with Crippen LogP contribution in [0.4, 0.5) is 0 Å². The molecule has 0 aliphatic carbocycles. The molecule has 0 aromatic heterocycles. The Morgan fingerprint density at radius 3 is 0.783 bits per heavy atom. The van der Waals surface area contributed by atoms with Gasteiger partial charge in [-0.25, -0.2) is 0 Å². The molecule has 0 heterocycles. The zero-order valence-corrected chi connectivity index (χ0v) is 15.4. The maximum atomic E-state index is 9.55. The second-order valence-electron chi connectivity index (χ2n) is 3.35.